The predicted octanol–water partition coefficient (Wildman–Crippen LogP) is 4.66. The number of phosphoric ester groups is 1. The van der Waals surface area contributed by atoms with Crippen molar-refractivity contribution in [3.05, 3.63) is 12.2 Å². The largest absolute Gasteiger partial charge is 0.472 e. The zero-order valence-corrected chi connectivity index (χ0v) is 20.1. The molecule has 0 heterocycles. The molecule has 0 aliphatic heterocycles. The SMILES string of the molecule is CCCC/C=C\CCCCCCCCCC(=O)O[C@H](C)COP(=O)(O)OC[C@@H](O)CO. The van der Waals surface area contributed by atoms with Crippen LogP contribution in [0.25, 0.3) is 0 Å². The van der Waals surface area contributed by atoms with Gasteiger partial charge in [0, 0.05) is 6.42 Å². The third kappa shape index (κ3) is 20.9. The lowest BCUT2D eigenvalue weighted by Gasteiger charge is -2.17. The molecule has 0 spiro atoms. The van der Waals surface area contributed by atoms with Gasteiger partial charge in [-0.25, -0.2) is 4.57 Å². The van der Waals surface area contributed by atoms with Crippen molar-refractivity contribution in [1.82, 2.24) is 0 Å². The van der Waals surface area contributed by atoms with Crippen molar-refractivity contribution in [3.8, 4) is 0 Å². The van der Waals surface area contributed by atoms with Crippen LogP contribution in [0, 0.1) is 0 Å². The van der Waals surface area contributed by atoms with Gasteiger partial charge in [-0.2, -0.15) is 0 Å². The third-order valence-corrected chi connectivity index (χ3v) is 5.54. The molecule has 0 saturated heterocycles. The molecule has 0 amide bonds. The Kier molecular flexibility index (Phi) is 19.4. The van der Waals surface area contributed by atoms with Crippen LogP contribution in [-0.4, -0.2) is 53.1 Å². The first-order chi connectivity index (χ1) is 14.8. The molecule has 0 aliphatic carbocycles. The van der Waals surface area contributed by atoms with Gasteiger partial charge in [-0.1, -0.05) is 64.0 Å². The molecule has 0 saturated carbocycles. The molecule has 31 heavy (non-hydrogen) atoms. The second kappa shape index (κ2) is 19.9. The summed E-state index contributed by atoms with van der Waals surface area (Å²) >= 11 is 0. The zero-order valence-electron chi connectivity index (χ0n) is 19.2. The molecular weight excluding hydrogens is 423 g/mol. The number of unbranched alkanes of at least 4 members (excludes halogenated alkanes) is 9. The molecule has 8 nitrogen and oxygen atoms in total. The summed E-state index contributed by atoms with van der Waals surface area (Å²) in [5.74, 6) is -0.365. The van der Waals surface area contributed by atoms with Crippen LogP contribution in [0.1, 0.15) is 90.9 Å². The summed E-state index contributed by atoms with van der Waals surface area (Å²) in [4.78, 5) is 21.3. The van der Waals surface area contributed by atoms with Gasteiger partial charge in [0.1, 0.15) is 12.2 Å². The van der Waals surface area contributed by atoms with Crippen LogP contribution in [-0.2, 0) is 23.1 Å². The van der Waals surface area contributed by atoms with Gasteiger partial charge in [-0.05, 0) is 32.6 Å². The first-order valence-corrected chi connectivity index (χ1v) is 13.1. The van der Waals surface area contributed by atoms with Gasteiger partial charge in [-0.15, -0.1) is 0 Å². The minimum Gasteiger partial charge on any atom is -0.460 e. The number of esters is 1. The van der Waals surface area contributed by atoms with E-state index in [-0.39, 0.29) is 12.6 Å². The number of carbonyl (C=O) groups excluding carboxylic acids is 1. The Morgan fingerprint density at radius 1 is 0.935 bits per heavy atom. The summed E-state index contributed by atoms with van der Waals surface area (Å²) in [5, 5.41) is 17.7. The molecular formula is C22H43O8P. The van der Waals surface area contributed by atoms with Gasteiger partial charge in [0.25, 0.3) is 0 Å². The highest BCUT2D eigenvalue weighted by Gasteiger charge is 2.24. The van der Waals surface area contributed by atoms with E-state index in [1.54, 1.807) is 6.92 Å². The van der Waals surface area contributed by atoms with E-state index in [4.69, 9.17) is 19.5 Å². The molecule has 0 rings (SSSR count). The first kappa shape index (κ1) is 30.2. The van der Waals surface area contributed by atoms with Crippen LogP contribution in [0.3, 0.4) is 0 Å². The number of hydrogen-bond donors (Lipinski definition) is 3. The minimum atomic E-state index is -4.37. The summed E-state index contributed by atoms with van der Waals surface area (Å²) in [6.45, 7) is 2.33. The van der Waals surface area contributed by atoms with Gasteiger partial charge in [0.15, 0.2) is 0 Å². The van der Waals surface area contributed by atoms with Crippen molar-refractivity contribution in [1.29, 1.82) is 0 Å². The highest BCUT2D eigenvalue weighted by atomic mass is 31.2. The van der Waals surface area contributed by atoms with E-state index >= 15 is 0 Å². The Labute approximate surface area is 187 Å². The molecule has 0 aromatic heterocycles. The fourth-order valence-corrected chi connectivity index (χ4v) is 3.59. The standard InChI is InChI=1S/C22H43O8P/c1-3-4-5-6-7-8-9-10-11-12-13-14-15-16-22(25)30-20(2)18-28-31(26,27)29-19-21(24)17-23/h6-7,20-21,23-24H,3-5,8-19H2,1-2H3,(H,26,27)/b7-6-/t20-,21+/m1/s1. The van der Waals surface area contributed by atoms with Gasteiger partial charge >= 0.3 is 13.8 Å². The smallest absolute Gasteiger partial charge is 0.460 e. The van der Waals surface area contributed by atoms with Gasteiger partial charge in [0.05, 0.1) is 19.8 Å². The lowest BCUT2D eigenvalue weighted by atomic mass is 10.1. The molecule has 0 fully saturated rings. The summed E-state index contributed by atoms with van der Waals surface area (Å²) in [5.41, 5.74) is 0. The van der Waals surface area contributed by atoms with E-state index in [0.29, 0.717) is 6.42 Å². The van der Waals surface area contributed by atoms with Crippen LogP contribution >= 0.6 is 7.82 Å². The zero-order chi connectivity index (χ0) is 23.4. The highest BCUT2D eigenvalue weighted by Crippen LogP contribution is 2.43. The van der Waals surface area contributed by atoms with Crippen molar-refractivity contribution in [2.75, 3.05) is 19.8 Å². The van der Waals surface area contributed by atoms with E-state index in [1.807, 2.05) is 0 Å². The topological polar surface area (TPSA) is 123 Å². The maximum atomic E-state index is 11.8. The van der Waals surface area contributed by atoms with Crippen LogP contribution < -0.4 is 0 Å². The van der Waals surface area contributed by atoms with Crippen molar-refractivity contribution in [2.24, 2.45) is 0 Å². The predicted molar refractivity (Wildman–Crippen MR) is 121 cm³/mol. The summed E-state index contributed by atoms with van der Waals surface area (Å²) in [7, 11) is -4.37. The molecule has 0 aromatic carbocycles. The molecule has 0 bridgehead atoms. The van der Waals surface area contributed by atoms with E-state index in [0.717, 1.165) is 19.3 Å². The van der Waals surface area contributed by atoms with E-state index in [9.17, 15) is 14.3 Å². The fourth-order valence-electron chi connectivity index (χ4n) is 2.76. The second-order valence-corrected chi connectivity index (χ2v) is 9.28. The Hall–Kier alpha value is -0.760. The molecule has 9 heteroatoms. The number of hydrogen-bond acceptors (Lipinski definition) is 7. The van der Waals surface area contributed by atoms with Gasteiger partial charge in [0.2, 0.25) is 0 Å². The Morgan fingerprint density at radius 2 is 1.48 bits per heavy atom. The summed E-state index contributed by atoms with van der Waals surface area (Å²) in [6, 6.07) is 0. The Balaban J connectivity index is 3.62. The molecule has 0 aliphatic rings. The number of carbonyl (C=O) groups is 1. The number of phosphoric acid groups is 1. The van der Waals surface area contributed by atoms with Gasteiger partial charge in [-0.3, -0.25) is 13.8 Å². The monoisotopic (exact) mass is 466 g/mol. The maximum absolute atomic E-state index is 11.8. The number of aliphatic hydroxyl groups is 2. The van der Waals surface area contributed by atoms with E-state index in [2.05, 4.69) is 23.6 Å². The maximum Gasteiger partial charge on any atom is 0.472 e. The number of ether oxygens (including phenoxy) is 1. The quantitative estimate of drug-likeness (QED) is 0.0966. The van der Waals surface area contributed by atoms with Crippen LogP contribution in [0.4, 0.5) is 0 Å². The highest BCUT2D eigenvalue weighted by molar-refractivity contribution is 7.47. The molecule has 3 N–H and O–H groups in total. The van der Waals surface area contributed by atoms with Crippen molar-refractivity contribution >= 4 is 13.8 Å². The Bertz CT molecular complexity index is 512. The number of rotatable bonds is 21. The minimum absolute atomic E-state index is 0.303. The first-order valence-electron chi connectivity index (χ1n) is 11.6. The summed E-state index contributed by atoms with van der Waals surface area (Å²) < 4.78 is 26.0. The molecule has 3 atom stereocenters. The second-order valence-electron chi connectivity index (χ2n) is 7.82. The van der Waals surface area contributed by atoms with Gasteiger partial charge < -0.3 is 19.8 Å². The van der Waals surface area contributed by atoms with Crippen LogP contribution in [0.2, 0.25) is 0 Å². The molecule has 1 unspecified atom stereocenters. The summed E-state index contributed by atoms with van der Waals surface area (Å²) in [6.07, 6.45) is 15.5. The number of allylic oxidation sites excluding steroid dienone is 2. The molecule has 184 valence electrons. The normalized spacial score (nSPS) is 15.6. The third-order valence-electron chi connectivity index (χ3n) is 4.59. The Morgan fingerprint density at radius 3 is 2.10 bits per heavy atom. The average molecular weight is 467 g/mol. The lowest BCUT2D eigenvalue weighted by molar-refractivity contribution is -0.150. The van der Waals surface area contributed by atoms with Crippen LogP contribution in [0.15, 0.2) is 12.2 Å². The fraction of sp³-hybridized carbons (Fsp3) is 0.864. The number of aliphatic hydroxyl groups excluding tert-OH is 2. The van der Waals surface area contributed by atoms with E-state index in [1.165, 1.54) is 51.4 Å². The van der Waals surface area contributed by atoms with Crippen LogP contribution in [0.5, 0.6) is 0 Å². The van der Waals surface area contributed by atoms with Crippen molar-refractivity contribution in [3.63, 3.8) is 0 Å². The molecule has 0 radical (unpaired) electrons. The molecule has 0 aromatic rings. The average Bonchev–Trinajstić information content (AvgIpc) is 2.74. The van der Waals surface area contributed by atoms with Crippen molar-refractivity contribution in [2.45, 2.75) is 103 Å². The van der Waals surface area contributed by atoms with Crippen molar-refractivity contribution < 1.29 is 38.3 Å². The van der Waals surface area contributed by atoms with E-state index < -0.39 is 33.2 Å². The lowest BCUT2D eigenvalue weighted by Crippen LogP contribution is -2.21.